The maximum absolute atomic E-state index is 10.4. The Morgan fingerprint density at radius 3 is 2.31 bits per heavy atom. The van der Waals surface area contributed by atoms with Gasteiger partial charge in [0.05, 0.1) is 12.5 Å². The molecule has 0 aromatic heterocycles. The van der Waals surface area contributed by atoms with Gasteiger partial charge in [-0.25, -0.2) is 0 Å². The first-order chi connectivity index (χ1) is 7.61. The molecule has 3 nitrogen and oxygen atoms in total. The lowest BCUT2D eigenvalue weighted by Crippen LogP contribution is -2.15. The summed E-state index contributed by atoms with van der Waals surface area (Å²) in [5.41, 5.74) is 2.26. The predicted octanol–water partition coefficient (Wildman–Crippen LogP) is 2.02. The van der Waals surface area contributed by atoms with Gasteiger partial charge in [-0.15, -0.1) is 0 Å². The van der Waals surface area contributed by atoms with Gasteiger partial charge < -0.3 is 10.2 Å². The lowest BCUT2D eigenvalue weighted by atomic mass is 10.0. The smallest absolute Gasteiger partial charge is 0.305 e. The van der Waals surface area contributed by atoms with Gasteiger partial charge in [0, 0.05) is 0 Å². The van der Waals surface area contributed by atoms with E-state index in [0.29, 0.717) is 6.42 Å². The van der Waals surface area contributed by atoms with Crippen LogP contribution in [0, 0.1) is 0 Å². The van der Waals surface area contributed by atoms with Crippen LogP contribution in [-0.2, 0) is 17.6 Å². The Hall–Kier alpha value is -1.35. The number of aryl methyl sites for hydroxylation is 1. The highest BCUT2D eigenvalue weighted by Gasteiger charge is 2.09. The van der Waals surface area contributed by atoms with E-state index >= 15 is 0 Å². The van der Waals surface area contributed by atoms with Crippen LogP contribution in [0.25, 0.3) is 0 Å². The lowest BCUT2D eigenvalue weighted by molar-refractivity contribution is -0.139. The van der Waals surface area contributed by atoms with Crippen LogP contribution in [0.5, 0.6) is 0 Å². The van der Waals surface area contributed by atoms with E-state index in [-0.39, 0.29) is 6.42 Å². The molecule has 0 spiro atoms. The number of rotatable bonds is 6. The van der Waals surface area contributed by atoms with Crippen molar-refractivity contribution in [3.63, 3.8) is 0 Å². The molecule has 0 saturated heterocycles. The number of carboxylic acids is 1. The van der Waals surface area contributed by atoms with Gasteiger partial charge in [-0.05, 0) is 24.0 Å². The molecule has 88 valence electrons. The molecule has 1 unspecified atom stereocenters. The number of carbonyl (C=O) groups is 1. The van der Waals surface area contributed by atoms with Crippen molar-refractivity contribution in [2.24, 2.45) is 0 Å². The Morgan fingerprint density at radius 1 is 1.25 bits per heavy atom. The fourth-order valence-corrected chi connectivity index (χ4v) is 1.68. The molecular weight excluding hydrogens is 204 g/mol. The van der Waals surface area contributed by atoms with Gasteiger partial charge in [0.1, 0.15) is 0 Å². The summed E-state index contributed by atoms with van der Waals surface area (Å²) in [7, 11) is 0. The molecular formula is C13H18O3. The number of aliphatic hydroxyl groups is 1. The quantitative estimate of drug-likeness (QED) is 0.774. The van der Waals surface area contributed by atoms with E-state index in [1.165, 1.54) is 5.56 Å². The van der Waals surface area contributed by atoms with Crippen LogP contribution in [0.1, 0.15) is 30.9 Å². The third-order valence-corrected chi connectivity index (χ3v) is 2.44. The fraction of sp³-hybridized carbons (Fsp3) is 0.462. The Morgan fingerprint density at radius 2 is 1.81 bits per heavy atom. The summed E-state index contributed by atoms with van der Waals surface area (Å²) in [5, 5.41) is 18.0. The van der Waals surface area contributed by atoms with Crippen molar-refractivity contribution in [3.05, 3.63) is 35.4 Å². The summed E-state index contributed by atoms with van der Waals surface area (Å²) < 4.78 is 0. The summed E-state index contributed by atoms with van der Waals surface area (Å²) in [6, 6.07) is 7.98. The van der Waals surface area contributed by atoms with Crippen molar-refractivity contribution in [3.8, 4) is 0 Å². The van der Waals surface area contributed by atoms with E-state index in [1.54, 1.807) is 0 Å². The molecule has 1 aromatic carbocycles. The molecule has 1 rings (SSSR count). The van der Waals surface area contributed by atoms with E-state index in [2.05, 4.69) is 6.92 Å². The molecule has 1 atom stereocenters. The van der Waals surface area contributed by atoms with Gasteiger partial charge >= 0.3 is 5.97 Å². The maximum atomic E-state index is 10.4. The van der Waals surface area contributed by atoms with E-state index < -0.39 is 12.1 Å². The van der Waals surface area contributed by atoms with Crippen LogP contribution in [0.2, 0.25) is 0 Å². The second kappa shape index (κ2) is 6.28. The fourth-order valence-electron chi connectivity index (χ4n) is 1.68. The van der Waals surface area contributed by atoms with E-state index in [0.717, 1.165) is 18.4 Å². The van der Waals surface area contributed by atoms with Gasteiger partial charge in [0.15, 0.2) is 0 Å². The first-order valence-electron chi connectivity index (χ1n) is 5.59. The van der Waals surface area contributed by atoms with E-state index in [9.17, 15) is 9.90 Å². The molecule has 3 heteroatoms. The average Bonchev–Trinajstić information content (AvgIpc) is 2.20. The van der Waals surface area contributed by atoms with E-state index in [1.807, 2.05) is 24.3 Å². The van der Waals surface area contributed by atoms with E-state index in [4.69, 9.17) is 5.11 Å². The Labute approximate surface area is 95.7 Å². The zero-order valence-electron chi connectivity index (χ0n) is 9.52. The number of aliphatic carboxylic acids is 1. The largest absolute Gasteiger partial charge is 0.481 e. The van der Waals surface area contributed by atoms with Crippen molar-refractivity contribution in [2.75, 3.05) is 0 Å². The molecule has 0 heterocycles. The van der Waals surface area contributed by atoms with Crippen LogP contribution in [0.3, 0.4) is 0 Å². The third kappa shape index (κ3) is 4.45. The Bertz CT molecular complexity index is 330. The Balaban J connectivity index is 2.51. The third-order valence-electron chi connectivity index (χ3n) is 2.44. The Kier molecular flexibility index (Phi) is 4.99. The molecule has 2 N–H and O–H groups in total. The number of hydrogen-bond donors (Lipinski definition) is 2. The summed E-state index contributed by atoms with van der Waals surface area (Å²) in [5.74, 6) is -0.963. The van der Waals surface area contributed by atoms with Gasteiger partial charge in [0.2, 0.25) is 0 Å². The molecule has 0 radical (unpaired) electrons. The number of carboxylic acid groups (broad SMARTS) is 1. The molecule has 0 saturated carbocycles. The second-order valence-corrected chi connectivity index (χ2v) is 4.02. The molecule has 0 fully saturated rings. The van der Waals surface area contributed by atoms with Gasteiger partial charge in [-0.1, -0.05) is 37.6 Å². The summed E-state index contributed by atoms with van der Waals surface area (Å²) in [6.07, 6.45) is 1.57. The molecule has 16 heavy (non-hydrogen) atoms. The van der Waals surface area contributed by atoms with Crippen molar-refractivity contribution in [1.82, 2.24) is 0 Å². The first-order valence-corrected chi connectivity index (χ1v) is 5.59. The lowest BCUT2D eigenvalue weighted by Gasteiger charge is -2.08. The summed E-state index contributed by atoms with van der Waals surface area (Å²) in [4.78, 5) is 10.4. The van der Waals surface area contributed by atoms with Gasteiger partial charge in [-0.2, -0.15) is 0 Å². The van der Waals surface area contributed by atoms with Gasteiger partial charge in [-0.3, -0.25) is 4.79 Å². The molecule has 1 aromatic rings. The van der Waals surface area contributed by atoms with Crippen LogP contribution in [-0.4, -0.2) is 22.3 Å². The summed E-state index contributed by atoms with van der Waals surface area (Å²) >= 11 is 0. The molecule has 0 aliphatic heterocycles. The van der Waals surface area contributed by atoms with Crippen molar-refractivity contribution in [2.45, 2.75) is 38.7 Å². The van der Waals surface area contributed by atoms with Crippen LogP contribution in [0.15, 0.2) is 24.3 Å². The van der Waals surface area contributed by atoms with Crippen LogP contribution in [0.4, 0.5) is 0 Å². The molecule has 0 bridgehead atoms. The number of aliphatic hydroxyl groups excluding tert-OH is 1. The zero-order chi connectivity index (χ0) is 12.0. The summed E-state index contributed by atoms with van der Waals surface area (Å²) in [6.45, 7) is 2.13. The zero-order valence-corrected chi connectivity index (χ0v) is 9.52. The van der Waals surface area contributed by atoms with Crippen molar-refractivity contribution in [1.29, 1.82) is 0 Å². The highest BCUT2D eigenvalue weighted by molar-refractivity contribution is 5.67. The van der Waals surface area contributed by atoms with Crippen molar-refractivity contribution < 1.29 is 15.0 Å². The molecule has 0 aliphatic rings. The molecule has 0 amide bonds. The van der Waals surface area contributed by atoms with Crippen molar-refractivity contribution >= 4 is 5.97 Å². The average molecular weight is 222 g/mol. The van der Waals surface area contributed by atoms with Crippen LogP contribution < -0.4 is 0 Å². The number of benzene rings is 1. The topological polar surface area (TPSA) is 57.5 Å². The monoisotopic (exact) mass is 222 g/mol. The SMILES string of the molecule is CCCc1ccc(CC(O)CC(=O)O)cc1. The number of hydrogen-bond acceptors (Lipinski definition) is 2. The van der Waals surface area contributed by atoms with Crippen LogP contribution >= 0.6 is 0 Å². The predicted molar refractivity (Wildman–Crippen MR) is 62.4 cm³/mol. The standard InChI is InChI=1S/C13H18O3/c1-2-3-10-4-6-11(7-5-10)8-12(14)9-13(15)16/h4-7,12,14H,2-3,8-9H2,1H3,(H,15,16). The highest BCUT2D eigenvalue weighted by Crippen LogP contribution is 2.10. The van der Waals surface area contributed by atoms with Gasteiger partial charge in [0.25, 0.3) is 0 Å². The minimum absolute atomic E-state index is 0.198. The highest BCUT2D eigenvalue weighted by atomic mass is 16.4. The second-order valence-electron chi connectivity index (χ2n) is 4.02. The minimum Gasteiger partial charge on any atom is -0.481 e. The maximum Gasteiger partial charge on any atom is 0.305 e. The first kappa shape index (κ1) is 12.7. The normalized spacial score (nSPS) is 12.4. The minimum atomic E-state index is -0.963. The molecule has 0 aliphatic carbocycles.